The van der Waals surface area contributed by atoms with Gasteiger partial charge in [0.25, 0.3) is 0 Å². The molecule has 0 bridgehead atoms. The van der Waals surface area contributed by atoms with Gasteiger partial charge < -0.3 is 14.8 Å². The zero-order valence-electron chi connectivity index (χ0n) is 15.1. The van der Waals surface area contributed by atoms with Crippen LogP contribution in [0.4, 0.5) is 10.1 Å². The highest BCUT2D eigenvalue weighted by Crippen LogP contribution is 2.25. The maximum atomic E-state index is 14.1. The van der Waals surface area contributed by atoms with E-state index in [-0.39, 0.29) is 17.8 Å². The summed E-state index contributed by atoms with van der Waals surface area (Å²) in [4.78, 5) is 20.0. The van der Waals surface area contributed by atoms with Crippen molar-refractivity contribution in [3.8, 4) is 0 Å². The summed E-state index contributed by atoms with van der Waals surface area (Å²) in [5.41, 5.74) is 2.50. The average Bonchev–Trinajstić information content (AvgIpc) is 3.03. The molecule has 140 valence electrons. The number of fused-ring (bicyclic) bond motifs is 1. The number of hydrogen-bond donors (Lipinski definition) is 1. The fourth-order valence-electron chi connectivity index (χ4n) is 3.82. The number of hydrogen-bond acceptors (Lipinski definition) is 2. The SMILES string of the molecule is CC1CN(c2ccccc2F)CCN1C(=O)Cc1c[nH]c2cc(Cl)ccc12. The zero-order chi connectivity index (χ0) is 19.0. The first-order valence-electron chi connectivity index (χ1n) is 9.07. The number of piperazine rings is 1. The fourth-order valence-corrected chi connectivity index (χ4v) is 4.00. The lowest BCUT2D eigenvalue weighted by Gasteiger charge is -2.41. The topological polar surface area (TPSA) is 39.3 Å². The predicted molar refractivity (Wildman–Crippen MR) is 107 cm³/mol. The Balaban J connectivity index is 1.46. The van der Waals surface area contributed by atoms with Crippen molar-refractivity contribution in [2.24, 2.45) is 0 Å². The summed E-state index contributed by atoms with van der Waals surface area (Å²) < 4.78 is 14.1. The van der Waals surface area contributed by atoms with Crippen molar-refractivity contribution in [2.45, 2.75) is 19.4 Å². The Labute approximate surface area is 162 Å². The number of aromatic amines is 1. The highest BCUT2D eigenvalue weighted by atomic mass is 35.5. The number of benzene rings is 2. The van der Waals surface area contributed by atoms with Gasteiger partial charge in [-0.2, -0.15) is 0 Å². The van der Waals surface area contributed by atoms with E-state index in [2.05, 4.69) is 4.98 Å². The Kier molecular flexibility index (Phi) is 4.79. The molecule has 1 aliphatic rings. The number of nitrogens with one attached hydrogen (secondary N) is 1. The summed E-state index contributed by atoms with van der Waals surface area (Å²) in [6.07, 6.45) is 2.21. The largest absolute Gasteiger partial charge is 0.365 e. The van der Waals surface area contributed by atoms with Gasteiger partial charge in [-0.15, -0.1) is 0 Å². The lowest BCUT2D eigenvalue weighted by Crippen LogP contribution is -2.54. The molecule has 4 rings (SSSR count). The maximum Gasteiger partial charge on any atom is 0.227 e. The van der Waals surface area contributed by atoms with Crippen LogP contribution in [0.1, 0.15) is 12.5 Å². The number of halogens is 2. The number of anilines is 1. The normalized spacial score (nSPS) is 17.5. The van der Waals surface area contributed by atoms with Crippen LogP contribution in [0.2, 0.25) is 5.02 Å². The van der Waals surface area contributed by atoms with Crippen molar-refractivity contribution in [3.05, 3.63) is 65.1 Å². The van der Waals surface area contributed by atoms with Crippen LogP contribution in [0.15, 0.2) is 48.7 Å². The van der Waals surface area contributed by atoms with Crippen molar-refractivity contribution in [1.29, 1.82) is 0 Å². The summed E-state index contributed by atoms with van der Waals surface area (Å²) >= 11 is 6.02. The number of H-pyrrole nitrogens is 1. The maximum absolute atomic E-state index is 14.1. The van der Waals surface area contributed by atoms with Gasteiger partial charge in [0.1, 0.15) is 5.82 Å². The van der Waals surface area contributed by atoms with Gasteiger partial charge in [0.05, 0.1) is 12.1 Å². The van der Waals surface area contributed by atoms with Crippen molar-refractivity contribution in [3.63, 3.8) is 0 Å². The Morgan fingerprint density at radius 1 is 1.26 bits per heavy atom. The molecule has 6 heteroatoms. The van der Waals surface area contributed by atoms with E-state index >= 15 is 0 Å². The van der Waals surface area contributed by atoms with E-state index in [0.717, 1.165) is 16.5 Å². The number of nitrogens with zero attached hydrogens (tertiary/aromatic N) is 2. The molecule has 2 heterocycles. The van der Waals surface area contributed by atoms with Gasteiger partial charge in [-0.1, -0.05) is 29.8 Å². The van der Waals surface area contributed by atoms with Gasteiger partial charge >= 0.3 is 0 Å². The van der Waals surface area contributed by atoms with Gasteiger partial charge in [0.2, 0.25) is 5.91 Å². The third-order valence-electron chi connectivity index (χ3n) is 5.21. The second-order valence-electron chi connectivity index (χ2n) is 7.01. The first-order chi connectivity index (χ1) is 13.0. The second kappa shape index (κ2) is 7.24. The van der Waals surface area contributed by atoms with E-state index in [4.69, 9.17) is 11.6 Å². The summed E-state index contributed by atoms with van der Waals surface area (Å²) in [5, 5.41) is 1.69. The van der Waals surface area contributed by atoms with E-state index in [0.29, 0.717) is 36.8 Å². The van der Waals surface area contributed by atoms with E-state index in [9.17, 15) is 9.18 Å². The minimum Gasteiger partial charge on any atom is -0.365 e. The Hall–Kier alpha value is -2.53. The molecule has 1 atom stereocenters. The van der Waals surface area contributed by atoms with Crippen LogP contribution in [-0.4, -0.2) is 41.5 Å². The van der Waals surface area contributed by atoms with Crippen molar-refractivity contribution >= 4 is 34.1 Å². The van der Waals surface area contributed by atoms with Crippen LogP contribution in [-0.2, 0) is 11.2 Å². The van der Waals surface area contributed by atoms with Crippen LogP contribution in [0.5, 0.6) is 0 Å². The first kappa shape index (κ1) is 17.9. The third kappa shape index (κ3) is 3.52. The molecule has 27 heavy (non-hydrogen) atoms. The standard InChI is InChI=1S/C21H21ClFN3O/c1-14-13-25(20-5-3-2-4-18(20)23)8-9-26(14)21(27)10-15-12-24-19-11-16(22)6-7-17(15)19/h2-7,11-12,14,24H,8-10,13H2,1H3. The van der Waals surface area contributed by atoms with Gasteiger partial charge in [-0.3, -0.25) is 4.79 Å². The zero-order valence-corrected chi connectivity index (χ0v) is 15.8. The number of rotatable bonds is 3. The van der Waals surface area contributed by atoms with Crippen molar-refractivity contribution in [1.82, 2.24) is 9.88 Å². The van der Waals surface area contributed by atoms with Gasteiger partial charge in [0.15, 0.2) is 0 Å². The monoisotopic (exact) mass is 385 g/mol. The molecule has 1 saturated heterocycles. The van der Waals surface area contributed by atoms with Gasteiger partial charge in [-0.25, -0.2) is 4.39 Å². The van der Waals surface area contributed by atoms with E-state index < -0.39 is 0 Å². The Morgan fingerprint density at radius 2 is 2.07 bits per heavy atom. The minimum atomic E-state index is -0.220. The molecule has 0 spiro atoms. The smallest absolute Gasteiger partial charge is 0.227 e. The summed E-state index contributed by atoms with van der Waals surface area (Å²) in [7, 11) is 0. The lowest BCUT2D eigenvalue weighted by molar-refractivity contribution is -0.132. The van der Waals surface area contributed by atoms with E-state index in [1.165, 1.54) is 6.07 Å². The molecular weight excluding hydrogens is 365 g/mol. The van der Waals surface area contributed by atoms with Gasteiger partial charge in [0, 0.05) is 47.8 Å². The molecule has 1 amide bonds. The Bertz CT molecular complexity index is 986. The number of aromatic nitrogens is 1. The molecule has 1 N–H and O–H groups in total. The number of amides is 1. The molecule has 2 aromatic carbocycles. The molecule has 3 aromatic rings. The summed E-state index contributed by atoms with van der Waals surface area (Å²) in [6.45, 7) is 3.85. The molecule has 1 unspecified atom stereocenters. The number of carbonyl (C=O) groups excluding carboxylic acids is 1. The van der Waals surface area contributed by atoms with Crippen molar-refractivity contribution in [2.75, 3.05) is 24.5 Å². The van der Waals surface area contributed by atoms with Crippen molar-refractivity contribution < 1.29 is 9.18 Å². The number of carbonyl (C=O) groups is 1. The minimum absolute atomic E-state index is 0.0190. The first-order valence-corrected chi connectivity index (χ1v) is 9.45. The predicted octanol–water partition coefficient (Wildman–Crippen LogP) is 4.24. The van der Waals surface area contributed by atoms with Gasteiger partial charge in [-0.05, 0) is 36.8 Å². The van der Waals surface area contributed by atoms with E-state index in [1.807, 2.05) is 47.2 Å². The molecule has 0 saturated carbocycles. The van der Waals surface area contributed by atoms with Crippen LogP contribution in [0, 0.1) is 5.82 Å². The lowest BCUT2D eigenvalue weighted by atomic mass is 10.1. The molecule has 1 aromatic heterocycles. The molecule has 1 fully saturated rings. The van der Waals surface area contributed by atoms with Crippen LogP contribution < -0.4 is 4.90 Å². The van der Waals surface area contributed by atoms with Crippen LogP contribution in [0.3, 0.4) is 0 Å². The van der Waals surface area contributed by atoms with Crippen LogP contribution >= 0.6 is 11.6 Å². The highest BCUT2D eigenvalue weighted by Gasteiger charge is 2.28. The fraction of sp³-hybridized carbons (Fsp3) is 0.286. The molecule has 4 nitrogen and oxygen atoms in total. The molecular formula is C21H21ClFN3O. The Morgan fingerprint density at radius 3 is 2.85 bits per heavy atom. The highest BCUT2D eigenvalue weighted by molar-refractivity contribution is 6.31. The molecule has 0 aliphatic carbocycles. The second-order valence-corrected chi connectivity index (χ2v) is 7.45. The third-order valence-corrected chi connectivity index (χ3v) is 5.45. The molecule has 1 aliphatic heterocycles. The summed E-state index contributed by atoms with van der Waals surface area (Å²) in [6, 6.07) is 12.4. The quantitative estimate of drug-likeness (QED) is 0.732. The number of para-hydroxylation sites is 1. The summed E-state index contributed by atoms with van der Waals surface area (Å²) in [5.74, 6) is -0.131. The average molecular weight is 386 g/mol. The van der Waals surface area contributed by atoms with Crippen LogP contribution in [0.25, 0.3) is 10.9 Å². The molecule has 0 radical (unpaired) electrons. The van der Waals surface area contributed by atoms with E-state index in [1.54, 1.807) is 12.1 Å².